The molecule has 0 nitrogen and oxygen atoms in total. The summed E-state index contributed by atoms with van der Waals surface area (Å²) < 4.78 is 0. The van der Waals surface area contributed by atoms with Gasteiger partial charge in [0.25, 0.3) is 0 Å². The van der Waals surface area contributed by atoms with Gasteiger partial charge in [-0.25, -0.2) is 0 Å². The van der Waals surface area contributed by atoms with Gasteiger partial charge in [0.2, 0.25) is 0 Å². The molecule has 23 heavy (non-hydrogen) atoms. The molecule has 0 saturated carbocycles. The van der Waals surface area contributed by atoms with Gasteiger partial charge in [-0.15, -0.1) is 32.9 Å². The van der Waals surface area contributed by atoms with Gasteiger partial charge in [0.1, 0.15) is 0 Å². The number of hydrogen-bond acceptors (Lipinski definition) is 0. The Kier molecular flexibility index (Phi) is 47.2. The summed E-state index contributed by atoms with van der Waals surface area (Å²) in [6, 6.07) is 0. The Morgan fingerprint density at radius 3 is 1.13 bits per heavy atom. The Morgan fingerprint density at radius 1 is 0.870 bits per heavy atom. The van der Waals surface area contributed by atoms with Gasteiger partial charge in [0, 0.05) is 0 Å². The summed E-state index contributed by atoms with van der Waals surface area (Å²) in [5, 5.41) is 0. The topological polar surface area (TPSA) is 0 Å². The number of unbranched alkanes of at least 4 members (excludes halogenated alkanes) is 1. The largest absolute Gasteiger partial charge is 0.103 e. The molecule has 0 aliphatic heterocycles. The van der Waals surface area contributed by atoms with Crippen LogP contribution in [0.5, 0.6) is 0 Å². The Labute approximate surface area is 149 Å². The number of rotatable bonds is 4. The maximum absolute atomic E-state index is 3.63. The molecule has 0 spiro atoms. The van der Waals surface area contributed by atoms with Crippen LogP contribution in [-0.2, 0) is 0 Å². The van der Waals surface area contributed by atoms with E-state index in [4.69, 9.17) is 0 Å². The van der Waals surface area contributed by atoms with Crippen molar-refractivity contribution in [1.29, 1.82) is 0 Å². The fourth-order valence-electron chi connectivity index (χ4n) is 0.204. The Hall–Kier alpha value is -1.30. The minimum absolute atomic E-state index is 0.306. The molecule has 0 bridgehead atoms. The molecule has 0 saturated heterocycles. The standard InChI is InChI=1S/C6H12.2C5H10.C4H8.C3H6/c1-5-6(2,3)4;1-4-5(2)3;1-3-5-4-2;1-3-4-2;1-3-2/h5H,1H2,2-4H3;4-5H,1H2,2-3H3;3H,1,4-5H2,2H3;3H,1,4H2,2H3;3H,1H2,2H3. The van der Waals surface area contributed by atoms with Crippen molar-refractivity contribution in [3.63, 3.8) is 0 Å². The normalized spacial score (nSPS) is 8.04. The van der Waals surface area contributed by atoms with Gasteiger partial charge >= 0.3 is 0 Å². The molecule has 0 aromatic rings. The Bertz CT molecular complexity index is 235. The maximum Gasteiger partial charge on any atom is -0.0206 e. The molecule has 0 aliphatic carbocycles. The predicted molar refractivity (Wildman–Crippen MR) is 116 cm³/mol. The fourth-order valence-corrected chi connectivity index (χ4v) is 0.204. The first-order valence-electron chi connectivity index (χ1n) is 8.63. The van der Waals surface area contributed by atoms with Crippen LogP contribution in [-0.4, -0.2) is 0 Å². The zero-order chi connectivity index (χ0) is 19.7. The summed E-state index contributed by atoms with van der Waals surface area (Å²) in [5.74, 6) is 0.648. The van der Waals surface area contributed by atoms with Gasteiger partial charge in [-0.05, 0) is 31.1 Å². The maximum atomic E-state index is 3.63. The fraction of sp³-hybridized carbons (Fsp3) is 0.565. The number of hydrogen-bond donors (Lipinski definition) is 0. The highest BCUT2D eigenvalue weighted by Crippen LogP contribution is 2.11. The lowest BCUT2D eigenvalue weighted by atomic mass is 9.98. The molecule has 138 valence electrons. The van der Waals surface area contributed by atoms with Crippen molar-refractivity contribution in [3.05, 3.63) is 63.3 Å². The summed E-state index contributed by atoms with van der Waals surface area (Å²) in [6.45, 7) is 34.3. The van der Waals surface area contributed by atoms with Gasteiger partial charge < -0.3 is 0 Å². The van der Waals surface area contributed by atoms with E-state index in [1.807, 2.05) is 31.2 Å². The molecule has 0 fully saturated rings. The molecule has 0 atom stereocenters. The van der Waals surface area contributed by atoms with Crippen LogP contribution < -0.4 is 0 Å². The molecule has 0 unspecified atom stereocenters. The minimum atomic E-state index is 0.306. The van der Waals surface area contributed by atoms with Gasteiger partial charge in [-0.1, -0.05) is 85.3 Å². The summed E-state index contributed by atoms with van der Waals surface area (Å²) >= 11 is 0. The molecule has 0 aromatic heterocycles. The molecule has 0 heterocycles. The lowest BCUT2D eigenvalue weighted by molar-refractivity contribution is 0.546. The summed E-state index contributed by atoms with van der Waals surface area (Å²) in [4.78, 5) is 0. The van der Waals surface area contributed by atoms with Crippen molar-refractivity contribution >= 4 is 0 Å². The molecular weight excluding hydrogens is 276 g/mol. The van der Waals surface area contributed by atoms with E-state index in [0.717, 1.165) is 12.8 Å². The first kappa shape index (κ1) is 33.3. The first-order valence-corrected chi connectivity index (χ1v) is 8.63. The summed E-state index contributed by atoms with van der Waals surface area (Å²) in [7, 11) is 0. The first-order chi connectivity index (χ1) is 10.6. The Morgan fingerprint density at radius 2 is 1.13 bits per heavy atom. The molecule has 0 aliphatic rings. The van der Waals surface area contributed by atoms with Crippen LogP contribution in [0.15, 0.2) is 63.3 Å². The summed E-state index contributed by atoms with van der Waals surface area (Å²) in [6.07, 6.45) is 12.9. The highest BCUT2D eigenvalue weighted by atomic mass is 14.0. The van der Waals surface area contributed by atoms with Crippen LogP contribution in [0.2, 0.25) is 0 Å². The zero-order valence-electron chi connectivity index (χ0n) is 17.6. The monoisotopic (exact) mass is 322 g/mol. The van der Waals surface area contributed by atoms with Crippen LogP contribution in [0.3, 0.4) is 0 Å². The van der Waals surface area contributed by atoms with Gasteiger partial charge in [0.05, 0.1) is 0 Å². The highest BCUT2D eigenvalue weighted by Gasteiger charge is 1.99. The number of allylic oxidation sites excluding steroid dienone is 5. The van der Waals surface area contributed by atoms with Crippen LogP contribution >= 0.6 is 0 Å². The predicted octanol–water partition coefficient (Wildman–Crippen LogP) is 8.79. The van der Waals surface area contributed by atoms with Crippen molar-refractivity contribution in [2.45, 2.75) is 74.7 Å². The van der Waals surface area contributed by atoms with E-state index in [1.165, 1.54) is 6.42 Å². The molecule has 0 aromatic carbocycles. The molecule has 0 radical (unpaired) electrons. The van der Waals surface area contributed by atoms with E-state index >= 15 is 0 Å². The SMILES string of the molecule is C=CC.C=CC(C)(C)C.C=CC(C)C.C=CCC.C=CCCC. The van der Waals surface area contributed by atoms with Crippen molar-refractivity contribution in [2.75, 3.05) is 0 Å². The second-order valence-corrected chi connectivity index (χ2v) is 6.23. The van der Waals surface area contributed by atoms with Crippen molar-refractivity contribution in [2.24, 2.45) is 11.3 Å². The third-order valence-corrected chi connectivity index (χ3v) is 1.87. The highest BCUT2D eigenvalue weighted by molar-refractivity contribution is 4.82. The molecular formula is C23H46. The second-order valence-electron chi connectivity index (χ2n) is 6.23. The average molecular weight is 323 g/mol. The van der Waals surface area contributed by atoms with E-state index in [1.54, 1.807) is 6.08 Å². The van der Waals surface area contributed by atoms with Crippen molar-refractivity contribution in [3.8, 4) is 0 Å². The van der Waals surface area contributed by atoms with E-state index in [0.29, 0.717) is 11.3 Å². The smallest absolute Gasteiger partial charge is 0.0206 e. The molecule has 0 N–H and O–H groups in total. The second kappa shape index (κ2) is 32.6. The molecule has 0 rings (SSSR count). The van der Waals surface area contributed by atoms with Crippen molar-refractivity contribution < 1.29 is 0 Å². The minimum Gasteiger partial charge on any atom is -0.103 e. The van der Waals surface area contributed by atoms with Crippen LogP contribution in [0, 0.1) is 11.3 Å². The van der Waals surface area contributed by atoms with Gasteiger partial charge in [-0.3, -0.25) is 0 Å². The zero-order valence-corrected chi connectivity index (χ0v) is 17.6. The molecule has 0 heteroatoms. The Balaban J connectivity index is -0.0000000598. The summed E-state index contributed by atoms with van der Waals surface area (Å²) in [5.41, 5.74) is 0.306. The molecule has 0 amide bonds. The van der Waals surface area contributed by atoms with E-state index < -0.39 is 0 Å². The van der Waals surface area contributed by atoms with Crippen LogP contribution in [0.25, 0.3) is 0 Å². The van der Waals surface area contributed by atoms with Crippen LogP contribution in [0.4, 0.5) is 0 Å². The van der Waals surface area contributed by atoms with E-state index in [9.17, 15) is 0 Å². The lowest BCUT2D eigenvalue weighted by Gasteiger charge is -2.08. The van der Waals surface area contributed by atoms with Gasteiger partial charge in [-0.2, -0.15) is 0 Å². The van der Waals surface area contributed by atoms with Crippen LogP contribution in [0.1, 0.15) is 74.7 Å². The van der Waals surface area contributed by atoms with Crippen molar-refractivity contribution in [1.82, 2.24) is 0 Å². The quantitative estimate of drug-likeness (QED) is 0.453. The third-order valence-electron chi connectivity index (χ3n) is 1.87. The lowest BCUT2D eigenvalue weighted by Crippen LogP contribution is -1.96. The van der Waals surface area contributed by atoms with E-state index in [-0.39, 0.29) is 0 Å². The third kappa shape index (κ3) is 161. The van der Waals surface area contributed by atoms with Gasteiger partial charge in [0.15, 0.2) is 0 Å². The average Bonchev–Trinajstić information content (AvgIpc) is 2.49. The van der Waals surface area contributed by atoms with E-state index in [2.05, 4.69) is 81.4 Å².